The molecule has 0 saturated carbocycles. The summed E-state index contributed by atoms with van der Waals surface area (Å²) in [6, 6.07) is 25.3. The van der Waals surface area contributed by atoms with E-state index in [1.807, 2.05) is 0 Å². The second kappa shape index (κ2) is 9.75. The van der Waals surface area contributed by atoms with Gasteiger partial charge in [-0.2, -0.15) is 0 Å². The Kier molecular flexibility index (Phi) is 6.60. The second-order valence-electron chi connectivity index (χ2n) is 7.37. The average Bonchev–Trinajstić information content (AvgIpc) is 2.83. The first kappa shape index (κ1) is 22.4. The summed E-state index contributed by atoms with van der Waals surface area (Å²) < 4.78 is 45.0. The van der Waals surface area contributed by atoms with Crippen molar-refractivity contribution in [2.75, 3.05) is 0 Å². The third-order valence-corrected chi connectivity index (χ3v) is 6.66. The van der Waals surface area contributed by atoms with Crippen LogP contribution in [0.25, 0.3) is 0 Å². The number of hydrogen-bond acceptors (Lipinski definition) is 5. The maximum Gasteiger partial charge on any atom is 0.339 e. The van der Waals surface area contributed by atoms with Gasteiger partial charge in [0, 0.05) is 11.8 Å². The van der Waals surface area contributed by atoms with Gasteiger partial charge in [0.15, 0.2) is 15.9 Å². The summed E-state index contributed by atoms with van der Waals surface area (Å²) >= 11 is 0. The maximum absolute atomic E-state index is 13.8. The molecule has 0 aliphatic carbocycles. The molecule has 1 aromatic heterocycles. The lowest BCUT2D eigenvalue weighted by atomic mass is 10.1. The molecule has 0 spiro atoms. The van der Waals surface area contributed by atoms with E-state index in [9.17, 15) is 17.6 Å². The molecule has 0 radical (unpaired) electrons. The number of halogens is 1. The van der Waals surface area contributed by atoms with Crippen molar-refractivity contribution < 1.29 is 22.3 Å². The molecule has 0 fully saturated rings. The fourth-order valence-electron chi connectivity index (χ4n) is 3.39. The topological polar surface area (TPSA) is 73.3 Å². The van der Waals surface area contributed by atoms with E-state index < -0.39 is 27.7 Å². The van der Waals surface area contributed by atoms with Crippen molar-refractivity contribution in [2.45, 2.75) is 16.8 Å². The first-order chi connectivity index (χ1) is 15.9. The molecule has 1 heterocycles. The van der Waals surface area contributed by atoms with Crippen molar-refractivity contribution in [3.8, 4) is 0 Å². The molecule has 1 atom stereocenters. The molecule has 0 aliphatic rings. The molecule has 4 aromatic rings. The van der Waals surface area contributed by atoms with Crippen LogP contribution in [0.4, 0.5) is 4.39 Å². The van der Waals surface area contributed by atoms with Gasteiger partial charge in [0.1, 0.15) is 5.82 Å². The van der Waals surface area contributed by atoms with Gasteiger partial charge in [0.2, 0.25) is 0 Å². The number of ether oxygens (including phenoxy) is 1. The lowest BCUT2D eigenvalue weighted by molar-refractivity contribution is 0.0370. The van der Waals surface area contributed by atoms with Crippen LogP contribution in [0.5, 0.6) is 0 Å². The molecule has 0 aliphatic heterocycles. The highest BCUT2D eigenvalue weighted by molar-refractivity contribution is 7.90. The number of pyridine rings is 1. The molecule has 3 aromatic carbocycles. The molecule has 166 valence electrons. The van der Waals surface area contributed by atoms with E-state index in [0.29, 0.717) is 16.8 Å². The van der Waals surface area contributed by atoms with E-state index in [-0.39, 0.29) is 16.2 Å². The third-order valence-electron chi connectivity index (χ3n) is 4.95. The smallest absolute Gasteiger partial charge is 0.339 e. The van der Waals surface area contributed by atoms with E-state index in [4.69, 9.17) is 4.74 Å². The van der Waals surface area contributed by atoms with Crippen molar-refractivity contribution in [1.29, 1.82) is 0 Å². The highest BCUT2D eigenvalue weighted by Gasteiger charge is 2.23. The van der Waals surface area contributed by atoms with Gasteiger partial charge in [-0.05, 0) is 54.1 Å². The fraction of sp³-hybridized carbons (Fsp3) is 0.0769. The van der Waals surface area contributed by atoms with Crippen molar-refractivity contribution in [3.05, 3.63) is 131 Å². The van der Waals surface area contributed by atoms with Crippen molar-refractivity contribution in [1.82, 2.24) is 4.98 Å². The quantitative estimate of drug-likeness (QED) is 0.356. The maximum atomic E-state index is 13.8. The Balaban J connectivity index is 1.59. The van der Waals surface area contributed by atoms with Gasteiger partial charge in [-0.1, -0.05) is 48.5 Å². The molecule has 0 N–H and O–H groups in total. The van der Waals surface area contributed by atoms with Crippen LogP contribution in [-0.4, -0.2) is 19.4 Å². The minimum Gasteiger partial charge on any atom is -0.447 e. The normalized spacial score (nSPS) is 12.2. The Morgan fingerprint density at radius 1 is 0.879 bits per heavy atom. The Bertz CT molecular complexity index is 1360. The zero-order valence-electron chi connectivity index (χ0n) is 17.5. The Labute approximate surface area is 191 Å². The van der Waals surface area contributed by atoms with Gasteiger partial charge in [-0.25, -0.2) is 17.6 Å². The molecular weight excluding hydrogens is 441 g/mol. The fourth-order valence-corrected chi connectivity index (χ4v) is 4.75. The minimum atomic E-state index is -3.57. The zero-order chi connectivity index (χ0) is 23.3. The number of nitrogens with zero attached hydrogens (tertiary/aromatic N) is 1. The largest absolute Gasteiger partial charge is 0.447 e. The summed E-state index contributed by atoms with van der Waals surface area (Å²) in [7, 11) is -3.57. The van der Waals surface area contributed by atoms with Crippen LogP contribution in [0, 0.1) is 5.82 Å². The molecule has 0 saturated heterocycles. The summed E-state index contributed by atoms with van der Waals surface area (Å²) in [5.74, 6) is -1.39. The predicted octanol–water partition coefficient (Wildman–Crippen LogP) is 5.14. The molecular formula is C26H20FNO4S. The van der Waals surface area contributed by atoms with Crippen LogP contribution in [0.1, 0.15) is 33.3 Å². The summed E-state index contributed by atoms with van der Waals surface area (Å²) in [5, 5.41) is 0. The number of rotatable bonds is 7. The van der Waals surface area contributed by atoms with Crippen LogP contribution in [0.15, 0.2) is 108 Å². The zero-order valence-corrected chi connectivity index (χ0v) is 18.3. The van der Waals surface area contributed by atoms with Gasteiger partial charge in [-0.15, -0.1) is 0 Å². The lowest BCUT2D eigenvalue weighted by Gasteiger charge is -2.18. The van der Waals surface area contributed by atoms with Gasteiger partial charge < -0.3 is 4.74 Å². The number of sulfone groups is 1. The molecule has 1 unspecified atom stereocenters. The Morgan fingerprint density at radius 3 is 2.36 bits per heavy atom. The van der Waals surface area contributed by atoms with Crippen LogP contribution in [0.3, 0.4) is 0 Å². The van der Waals surface area contributed by atoms with E-state index in [2.05, 4.69) is 4.98 Å². The number of aromatic nitrogens is 1. The molecule has 0 amide bonds. The average molecular weight is 462 g/mol. The minimum absolute atomic E-state index is 0.188. The van der Waals surface area contributed by atoms with Crippen LogP contribution in [0.2, 0.25) is 0 Å². The monoisotopic (exact) mass is 461 g/mol. The van der Waals surface area contributed by atoms with E-state index >= 15 is 0 Å². The standard InChI is InChI=1S/C26H20FNO4S/c27-22-11-7-9-20(17-22)25(24-14-4-5-15-28-24)32-26(29)21-10-6-8-19(16-21)18-33(30,31)23-12-2-1-3-13-23/h1-17,25H,18H2. The van der Waals surface area contributed by atoms with Gasteiger partial charge in [-0.3, -0.25) is 4.98 Å². The first-order valence-electron chi connectivity index (χ1n) is 10.2. The predicted molar refractivity (Wildman–Crippen MR) is 122 cm³/mol. The Morgan fingerprint density at radius 2 is 1.64 bits per heavy atom. The molecule has 33 heavy (non-hydrogen) atoms. The second-order valence-corrected chi connectivity index (χ2v) is 9.36. The van der Waals surface area contributed by atoms with E-state index in [1.165, 1.54) is 36.4 Å². The lowest BCUT2D eigenvalue weighted by Crippen LogP contribution is -2.15. The summed E-state index contributed by atoms with van der Waals surface area (Å²) in [5.41, 5.74) is 1.52. The summed E-state index contributed by atoms with van der Waals surface area (Å²) in [6.07, 6.45) is 0.635. The number of hydrogen-bond donors (Lipinski definition) is 0. The number of benzene rings is 3. The van der Waals surface area contributed by atoms with Crippen LogP contribution >= 0.6 is 0 Å². The molecule has 0 bridgehead atoms. The van der Waals surface area contributed by atoms with Gasteiger partial charge in [0.25, 0.3) is 0 Å². The molecule has 7 heteroatoms. The van der Waals surface area contributed by atoms with Crippen molar-refractivity contribution in [3.63, 3.8) is 0 Å². The highest BCUT2D eigenvalue weighted by Crippen LogP contribution is 2.27. The number of esters is 1. The third kappa shape index (κ3) is 5.51. The molecule has 4 rings (SSSR count). The van der Waals surface area contributed by atoms with Crippen molar-refractivity contribution in [2.24, 2.45) is 0 Å². The van der Waals surface area contributed by atoms with Crippen LogP contribution < -0.4 is 0 Å². The van der Waals surface area contributed by atoms with Gasteiger partial charge >= 0.3 is 5.97 Å². The number of carbonyl (C=O) groups is 1. The van der Waals surface area contributed by atoms with Crippen LogP contribution in [-0.2, 0) is 20.3 Å². The summed E-state index contributed by atoms with van der Waals surface area (Å²) in [6.45, 7) is 0. The van der Waals surface area contributed by atoms with E-state index in [1.54, 1.807) is 66.9 Å². The van der Waals surface area contributed by atoms with Crippen molar-refractivity contribution >= 4 is 15.8 Å². The first-order valence-corrected chi connectivity index (χ1v) is 11.8. The SMILES string of the molecule is O=C(OC(c1cccc(F)c1)c1ccccn1)c1cccc(CS(=O)(=O)c2ccccc2)c1. The number of carbonyl (C=O) groups excluding carboxylic acids is 1. The van der Waals surface area contributed by atoms with Gasteiger partial charge in [0.05, 0.1) is 21.9 Å². The Hall–Kier alpha value is -3.84. The molecule has 5 nitrogen and oxygen atoms in total. The van der Waals surface area contributed by atoms with E-state index in [0.717, 1.165) is 0 Å². The summed E-state index contributed by atoms with van der Waals surface area (Å²) in [4.78, 5) is 17.4. The highest BCUT2D eigenvalue weighted by atomic mass is 32.2.